The number of benzene rings is 2. The second kappa shape index (κ2) is 10.6. The van der Waals surface area contributed by atoms with E-state index in [4.69, 9.17) is 4.74 Å². The average Bonchev–Trinajstić information content (AvgIpc) is 3.60. The fraction of sp³-hybridized carbons (Fsp3) is 0.367. The van der Waals surface area contributed by atoms with Crippen molar-refractivity contribution in [1.82, 2.24) is 24.6 Å². The maximum Gasteiger partial charge on any atom is 0.259 e. The molecule has 0 spiro atoms. The number of aromatic nitrogens is 4. The molecule has 2 aromatic heterocycles. The van der Waals surface area contributed by atoms with Crippen LogP contribution in [0, 0.1) is 0 Å². The van der Waals surface area contributed by atoms with Crippen LogP contribution < -0.4 is 11.0 Å². The van der Waals surface area contributed by atoms with Gasteiger partial charge in [-0.2, -0.15) is 15.2 Å². The summed E-state index contributed by atoms with van der Waals surface area (Å²) in [6.45, 7) is 4.77. The molecule has 1 saturated heterocycles. The van der Waals surface area contributed by atoms with Gasteiger partial charge in [-0.15, -0.1) is 0 Å². The van der Waals surface area contributed by atoms with Gasteiger partial charge >= 0.3 is 0 Å². The van der Waals surface area contributed by atoms with E-state index in [2.05, 4.69) is 57.9 Å². The van der Waals surface area contributed by atoms with Gasteiger partial charge in [0, 0.05) is 30.2 Å². The van der Waals surface area contributed by atoms with E-state index in [1.54, 1.807) is 0 Å². The highest BCUT2D eigenvalue weighted by atomic mass is 16.5. The molecule has 0 saturated carbocycles. The molecule has 4 heterocycles. The fourth-order valence-corrected chi connectivity index (χ4v) is 5.82. The quantitative estimate of drug-likeness (QED) is 0.393. The number of rotatable bonds is 7. The summed E-state index contributed by atoms with van der Waals surface area (Å²) in [5.41, 5.74) is 8.83. The first-order chi connectivity index (χ1) is 19.0. The molecule has 200 valence electrons. The third kappa shape index (κ3) is 4.78. The molecule has 0 bridgehead atoms. The van der Waals surface area contributed by atoms with E-state index >= 15 is 0 Å². The van der Waals surface area contributed by atoms with Crippen LogP contribution in [0.3, 0.4) is 0 Å². The number of ether oxygens (including phenoxy) is 1. The molecule has 2 aliphatic heterocycles. The van der Waals surface area contributed by atoms with E-state index in [1.807, 2.05) is 34.2 Å². The second-order valence-electron chi connectivity index (χ2n) is 10.4. The third-order valence-electron chi connectivity index (χ3n) is 7.64. The molecule has 0 aliphatic carbocycles. The molecule has 2 atom stereocenters. The molecule has 4 aromatic rings. The van der Waals surface area contributed by atoms with E-state index < -0.39 is 0 Å². The van der Waals surface area contributed by atoms with Crippen molar-refractivity contribution in [3.8, 4) is 11.1 Å². The molecule has 39 heavy (non-hydrogen) atoms. The fourth-order valence-electron chi connectivity index (χ4n) is 5.82. The first-order valence-corrected chi connectivity index (χ1v) is 13.6. The highest BCUT2D eigenvalue weighted by Crippen LogP contribution is 2.29. The molecule has 1 fully saturated rings. The van der Waals surface area contributed by atoms with E-state index in [0.29, 0.717) is 24.5 Å². The Bertz CT molecular complexity index is 1620. The van der Waals surface area contributed by atoms with Crippen LogP contribution >= 0.6 is 0 Å². The Balaban J connectivity index is 1.48. The van der Waals surface area contributed by atoms with E-state index in [1.165, 1.54) is 6.33 Å². The van der Waals surface area contributed by atoms with Crippen LogP contribution in [-0.4, -0.2) is 43.5 Å². The largest absolute Gasteiger partial charge is 0.378 e. The van der Waals surface area contributed by atoms with Gasteiger partial charge in [-0.1, -0.05) is 55.8 Å². The van der Waals surface area contributed by atoms with Gasteiger partial charge in [0.1, 0.15) is 6.33 Å². The molecule has 1 N–H and O–H groups in total. The van der Waals surface area contributed by atoms with Crippen molar-refractivity contribution >= 4 is 17.4 Å². The van der Waals surface area contributed by atoms with Gasteiger partial charge < -0.3 is 4.74 Å². The van der Waals surface area contributed by atoms with Gasteiger partial charge in [0.25, 0.3) is 5.56 Å². The van der Waals surface area contributed by atoms with Gasteiger partial charge in [0.05, 0.1) is 23.9 Å². The van der Waals surface area contributed by atoms with Crippen molar-refractivity contribution in [3.63, 3.8) is 0 Å². The van der Waals surface area contributed by atoms with Crippen LogP contribution in [-0.2, 0) is 22.4 Å². The maximum absolute atomic E-state index is 14.2. The molecule has 9 nitrogen and oxygen atoms in total. The number of amides is 1. The summed E-state index contributed by atoms with van der Waals surface area (Å²) in [6.07, 6.45) is 5.39. The standard InChI is InChI=1S/C30H32N6O3/c1-3-7-27-25(29(38)35(30-31-18-32-36(27)30)22-12-13-39-19(2)14-22)16-20-10-11-23(21-8-5-4-6-9-21)24(15-20)26-17-28(37)34-33-26/h4-6,8-11,15,18-19,22H,3,7,12-14,16-17H2,1-2H3,(H,34,37). The summed E-state index contributed by atoms with van der Waals surface area (Å²) >= 11 is 0. The van der Waals surface area contributed by atoms with Crippen LogP contribution in [0.15, 0.2) is 64.8 Å². The summed E-state index contributed by atoms with van der Waals surface area (Å²) < 4.78 is 9.46. The van der Waals surface area contributed by atoms with Crippen LogP contribution in [0.2, 0.25) is 0 Å². The van der Waals surface area contributed by atoms with Crippen molar-refractivity contribution in [2.45, 2.75) is 64.5 Å². The van der Waals surface area contributed by atoms with Crippen molar-refractivity contribution in [2.75, 3.05) is 6.61 Å². The first-order valence-electron chi connectivity index (χ1n) is 13.6. The monoisotopic (exact) mass is 524 g/mol. The minimum Gasteiger partial charge on any atom is -0.378 e. The van der Waals surface area contributed by atoms with E-state index in [9.17, 15) is 9.59 Å². The lowest BCUT2D eigenvalue weighted by atomic mass is 9.91. The number of carbonyl (C=O) groups is 1. The molecule has 9 heteroatoms. The zero-order chi connectivity index (χ0) is 26.9. The Labute approximate surface area is 226 Å². The van der Waals surface area contributed by atoms with Crippen LogP contribution in [0.5, 0.6) is 0 Å². The zero-order valence-corrected chi connectivity index (χ0v) is 22.3. The number of aryl methyl sites for hydroxylation is 1. The van der Waals surface area contributed by atoms with Gasteiger partial charge in [0.2, 0.25) is 11.7 Å². The van der Waals surface area contributed by atoms with Gasteiger partial charge in [-0.05, 0) is 48.9 Å². The highest BCUT2D eigenvalue weighted by Gasteiger charge is 2.28. The van der Waals surface area contributed by atoms with E-state index in [-0.39, 0.29) is 30.0 Å². The smallest absolute Gasteiger partial charge is 0.259 e. The second-order valence-corrected chi connectivity index (χ2v) is 10.4. The number of hydrogen-bond donors (Lipinski definition) is 1. The van der Waals surface area contributed by atoms with Crippen molar-refractivity contribution in [1.29, 1.82) is 0 Å². The number of carbonyl (C=O) groups excluding carboxylic acids is 1. The van der Waals surface area contributed by atoms with Crippen molar-refractivity contribution in [3.05, 3.63) is 87.6 Å². The van der Waals surface area contributed by atoms with Crippen LogP contribution in [0.1, 0.15) is 68.0 Å². The summed E-state index contributed by atoms with van der Waals surface area (Å²) in [6, 6.07) is 16.3. The van der Waals surface area contributed by atoms with E-state index in [0.717, 1.165) is 59.2 Å². The Hall–Kier alpha value is -4.11. The lowest BCUT2D eigenvalue weighted by Gasteiger charge is -2.29. The number of nitrogens with one attached hydrogen (secondary N) is 1. The Kier molecular flexibility index (Phi) is 6.83. The minimum atomic E-state index is -0.121. The van der Waals surface area contributed by atoms with Gasteiger partial charge in [0.15, 0.2) is 0 Å². The third-order valence-corrected chi connectivity index (χ3v) is 7.64. The molecule has 2 aromatic carbocycles. The maximum atomic E-state index is 14.2. The molecule has 1 amide bonds. The summed E-state index contributed by atoms with van der Waals surface area (Å²) in [5, 5.41) is 8.87. The van der Waals surface area contributed by atoms with Crippen LogP contribution in [0.4, 0.5) is 0 Å². The Morgan fingerprint density at radius 2 is 1.95 bits per heavy atom. The van der Waals surface area contributed by atoms with Crippen LogP contribution in [0.25, 0.3) is 16.9 Å². The number of fused-ring (bicyclic) bond motifs is 1. The highest BCUT2D eigenvalue weighted by molar-refractivity contribution is 6.16. The average molecular weight is 525 g/mol. The Morgan fingerprint density at radius 1 is 1.10 bits per heavy atom. The molecular formula is C30H32N6O3. The first kappa shape index (κ1) is 25.2. The van der Waals surface area contributed by atoms with Gasteiger partial charge in [-0.25, -0.2) is 9.94 Å². The molecule has 6 rings (SSSR count). The van der Waals surface area contributed by atoms with Crippen molar-refractivity contribution in [2.24, 2.45) is 5.10 Å². The number of hydrazone groups is 1. The Morgan fingerprint density at radius 3 is 2.69 bits per heavy atom. The minimum absolute atomic E-state index is 0.00308. The summed E-state index contributed by atoms with van der Waals surface area (Å²) in [7, 11) is 0. The molecule has 2 unspecified atom stereocenters. The summed E-state index contributed by atoms with van der Waals surface area (Å²) in [5.74, 6) is 0.473. The summed E-state index contributed by atoms with van der Waals surface area (Å²) in [4.78, 5) is 30.8. The zero-order valence-electron chi connectivity index (χ0n) is 22.3. The molecular weight excluding hydrogens is 492 g/mol. The topological polar surface area (TPSA) is 103 Å². The lowest BCUT2D eigenvalue weighted by Crippen LogP contribution is -2.36. The lowest BCUT2D eigenvalue weighted by molar-refractivity contribution is -0.119. The predicted octanol–water partition coefficient (Wildman–Crippen LogP) is 4.07. The number of nitrogens with zero attached hydrogens (tertiary/aromatic N) is 5. The number of hydrogen-bond acceptors (Lipinski definition) is 6. The molecule has 2 aliphatic rings. The SMILES string of the molecule is CCCc1c(Cc2ccc(-c3ccccc3)c(C3=NNC(=O)C3)c2)c(=O)n(C2CCOC(C)C2)c2ncnn12. The molecule has 0 radical (unpaired) electrons. The normalized spacial score (nSPS) is 19.3. The predicted molar refractivity (Wildman–Crippen MR) is 149 cm³/mol. The van der Waals surface area contributed by atoms with Gasteiger partial charge in [-0.3, -0.25) is 14.2 Å². The van der Waals surface area contributed by atoms with Crippen molar-refractivity contribution < 1.29 is 9.53 Å².